The van der Waals surface area contributed by atoms with E-state index in [2.05, 4.69) is 51.9 Å². The molecule has 0 bridgehead atoms. The molecule has 0 heterocycles. The summed E-state index contributed by atoms with van der Waals surface area (Å²) in [4.78, 5) is 2.65. The Hall–Kier alpha value is -0.0800. The molecule has 0 saturated carbocycles. The van der Waals surface area contributed by atoms with Crippen LogP contribution in [0.2, 0.25) is 0 Å². The summed E-state index contributed by atoms with van der Waals surface area (Å²) in [5.74, 6) is 1.58. The fourth-order valence-electron chi connectivity index (χ4n) is 2.37. The Balaban J connectivity index is 4.40. The van der Waals surface area contributed by atoms with Gasteiger partial charge in [-0.15, -0.1) is 0 Å². The van der Waals surface area contributed by atoms with Gasteiger partial charge in [-0.1, -0.05) is 47.5 Å². The number of likely N-dealkylation sites (N-methyl/N-ethyl adjacent to an activating group) is 2. The van der Waals surface area contributed by atoms with Crippen molar-refractivity contribution in [2.75, 3.05) is 26.7 Å². The first-order valence-electron chi connectivity index (χ1n) is 6.99. The fraction of sp³-hybridized carbons (Fsp3) is 1.00. The molecular weight excluding hydrogens is 196 g/mol. The standard InChI is InChI=1S/C14H32N2/c1-7-13(8-2)11-16(9-3)14(10-15-6)12(4)5/h12-15H,7-11H2,1-6H3. The summed E-state index contributed by atoms with van der Waals surface area (Å²) in [6.07, 6.45) is 2.61. The van der Waals surface area contributed by atoms with Crippen molar-refractivity contribution in [1.29, 1.82) is 0 Å². The first-order chi connectivity index (χ1) is 7.60. The van der Waals surface area contributed by atoms with Crippen LogP contribution in [0.4, 0.5) is 0 Å². The maximum Gasteiger partial charge on any atom is 0.0243 e. The molecule has 0 amide bonds. The van der Waals surface area contributed by atoms with Gasteiger partial charge in [-0.2, -0.15) is 0 Å². The topological polar surface area (TPSA) is 15.3 Å². The number of hydrogen-bond donors (Lipinski definition) is 1. The first-order valence-corrected chi connectivity index (χ1v) is 6.99. The highest BCUT2D eigenvalue weighted by molar-refractivity contribution is 4.77. The van der Waals surface area contributed by atoms with Gasteiger partial charge in [0.15, 0.2) is 0 Å². The van der Waals surface area contributed by atoms with Crippen LogP contribution < -0.4 is 5.32 Å². The zero-order chi connectivity index (χ0) is 12.6. The molecule has 16 heavy (non-hydrogen) atoms. The normalized spacial score (nSPS) is 14.1. The smallest absolute Gasteiger partial charge is 0.0243 e. The van der Waals surface area contributed by atoms with E-state index in [1.165, 1.54) is 25.9 Å². The Morgan fingerprint density at radius 1 is 1.06 bits per heavy atom. The van der Waals surface area contributed by atoms with E-state index in [1.807, 2.05) is 0 Å². The Bertz CT molecular complexity index is 153. The van der Waals surface area contributed by atoms with Crippen LogP contribution in [-0.2, 0) is 0 Å². The lowest BCUT2D eigenvalue weighted by Crippen LogP contribution is -2.46. The van der Waals surface area contributed by atoms with Gasteiger partial charge < -0.3 is 5.32 Å². The van der Waals surface area contributed by atoms with Crippen molar-refractivity contribution >= 4 is 0 Å². The summed E-state index contributed by atoms with van der Waals surface area (Å²) in [5, 5.41) is 3.33. The lowest BCUT2D eigenvalue weighted by molar-refractivity contribution is 0.134. The lowest BCUT2D eigenvalue weighted by Gasteiger charge is -2.35. The van der Waals surface area contributed by atoms with E-state index in [-0.39, 0.29) is 0 Å². The average molecular weight is 228 g/mol. The van der Waals surface area contributed by atoms with Crippen molar-refractivity contribution in [3.05, 3.63) is 0 Å². The van der Waals surface area contributed by atoms with Gasteiger partial charge in [-0.25, -0.2) is 0 Å². The average Bonchev–Trinajstić information content (AvgIpc) is 2.28. The van der Waals surface area contributed by atoms with Crippen LogP contribution >= 0.6 is 0 Å². The number of nitrogens with one attached hydrogen (secondary N) is 1. The van der Waals surface area contributed by atoms with Crippen LogP contribution in [-0.4, -0.2) is 37.6 Å². The molecule has 1 unspecified atom stereocenters. The largest absolute Gasteiger partial charge is 0.318 e. The molecule has 98 valence electrons. The molecule has 0 saturated heterocycles. The molecular formula is C14H32N2. The van der Waals surface area contributed by atoms with Gasteiger partial charge >= 0.3 is 0 Å². The van der Waals surface area contributed by atoms with Crippen LogP contribution in [0.15, 0.2) is 0 Å². The van der Waals surface area contributed by atoms with Crippen molar-refractivity contribution in [3.63, 3.8) is 0 Å². The van der Waals surface area contributed by atoms with Crippen LogP contribution in [0.25, 0.3) is 0 Å². The predicted molar refractivity (Wildman–Crippen MR) is 73.9 cm³/mol. The highest BCUT2D eigenvalue weighted by atomic mass is 15.2. The molecule has 1 atom stereocenters. The van der Waals surface area contributed by atoms with E-state index in [9.17, 15) is 0 Å². The summed E-state index contributed by atoms with van der Waals surface area (Å²) in [5.41, 5.74) is 0. The minimum absolute atomic E-state index is 0.676. The molecule has 0 fully saturated rings. The van der Waals surface area contributed by atoms with Gasteiger partial charge in [0.25, 0.3) is 0 Å². The van der Waals surface area contributed by atoms with Crippen LogP contribution in [0.1, 0.15) is 47.5 Å². The first kappa shape index (κ1) is 15.9. The zero-order valence-corrected chi connectivity index (χ0v) is 12.2. The molecule has 0 radical (unpaired) electrons. The summed E-state index contributed by atoms with van der Waals surface area (Å²) < 4.78 is 0. The monoisotopic (exact) mass is 228 g/mol. The number of hydrogen-bond acceptors (Lipinski definition) is 2. The second kappa shape index (κ2) is 9.00. The van der Waals surface area contributed by atoms with Crippen molar-refractivity contribution in [1.82, 2.24) is 10.2 Å². The molecule has 0 rings (SSSR count). The molecule has 2 nitrogen and oxygen atoms in total. The Labute approximate surface area is 103 Å². The van der Waals surface area contributed by atoms with Crippen molar-refractivity contribution in [2.45, 2.75) is 53.5 Å². The zero-order valence-electron chi connectivity index (χ0n) is 12.2. The summed E-state index contributed by atoms with van der Waals surface area (Å²) >= 11 is 0. The Morgan fingerprint density at radius 3 is 1.94 bits per heavy atom. The quantitative estimate of drug-likeness (QED) is 0.652. The van der Waals surface area contributed by atoms with Crippen molar-refractivity contribution in [2.24, 2.45) is 11.8 Å². The highest BCUT2D eigenvalue weighted by Crippen LogP contribution is 2.16. The van der Waals surface area contributed by atoms with Crippen LogP contribution in [0, 0.1) is 11.8 Å². The van der Waals surface area contributed by atoms with Gasteiger partial charge in [0, 0.05) is 19.1 Å². The third-order valence-electron chi connectivity index (χ3n) is 3.71. The fourth-order valence-corrected chi connectivity index (χ4v) is 2.37. The minimum atomic E-state index is 0.676. The van der Waals surface area contributed by atoms with Gasteiger partial charge in [0.1, 0.15) is 0 Å². The van der Waals surface area contributed by atoms with E-state index in [1.54, 1.807) is 0 Å². The van der Waals surface area contributed by atoms with Gasteiger partial charge in [0.2, 0.25) is 0 Å². The van der Waals surface area contributed by atoms with E-state index in [0.717, 1.165) is 18.4 Å². The van der Waals surface area contributed by atoms with Crippen LogP contribution in [0.3, 0.4) is 0 Å². The molecule has 1 N–H and O–H groups in total. The number of rotatable bonds is 9. The van der Waals surface area contributed by atoms with E-state index < -0.39 is 0 Å². The summed E-state index contributed by atoms with van der Waals surface area (Å²) in [6.45, 7) is 15.1. The maximum absolute atomic E-state index is 3.33. The molecule has 2 heteroatoms. The highest BCUT2D eigenvalue weighted by Gasteiger charge is 2.21. The molecule has 0 spiro atoms. The predicted octanol–water partition coefficient (Wildman–Crippen LogP) is 2.99. The SMILES string of the molecule is CCC(CC)CN(CC)C(CNC)C(C)C. The third kappa shape index (κ3) is 5.31. The van der Waals surface area contributed by atoms with E-state index >= 15 is 0 Å². The second-order valence-corrected chi connectivity index (χ2v) is 5.14. The number of nitrogens with zero attached hydrogens (tertiary/aromatic N) is 1. The van der Waals surface area contributed by atoms with Crippen molar-refractivity contribution in [3.8, 4) is 0 Å². The van der Waals surface area contributed by atoms with E-state index in [0.29, 0.717) is 6.04 Å². The van der Waals surface area contributed by atoms with Gasteiger partial charge in [-0.05, 0) is 25.4 Å². The summed E-state index contributed by atoms with van der Waals surface area (Å²) in [6, 6.07) is 0.676. The van der Waals surface area contributed by atoms with Gasteiger partial charge in [0.05, 0.1) is 0 Å². The van der Waals surface area contributed by atoms with Gasteiger partial charge in [-0.3, -0.25) is 4.90 Å². The molecule has 0 aromatic carbocycles. The molecule has 0 aromatic rings. The minimum Gasteiger partial charge on any atom is -0.318 e. The molecule has 0 aliphatic rings. The second-order valence-electron chi connectivity index (χ2n) is 5.14. The summed E-state index contributed by atoms with van der Waals surface area (Å²) in [7, 11) is 2.06. The lowest BCUT2D eigenvalue weighted by atomic mass is 9.98. The van der Waals surface area contributed by atoms with E-state index in [4.69, 9.17) is 0 Å². The Morgan fingerprint density at radius 2 is 1.62 bits per heavy atom. The van der Waals surface area contributed by atoms with Crippen LogP contribution in [0.5, 0.6) is 0 Å². The third-order valence-corrected chi connectivity index (χ3v) is 3.71. The molecule has 0 aromatic heterocycles. The van der Waals surface area contributed by atoms with Crippen molar-refractivity contribution < 1.29 is 0 Å². The molecule has 0 aliphatic carbocycles. The molecule has 0 aliphatic heterocycles. The maximum atomic E-state index is 3.33. The Kier molecular flexibility index (Phi) is 8.96.